The zero-order valence-electron chi connectivity index (χ0n) is 12.5. The molecule has 0 saturated carbocycles. The van der Waals surface area contributed by atoms with Gasteiger partial charge in [0.25, 0.3) is 0 Å². The molecule has 0 aliphatic heterocycles. The van der Waals surface area contributed by atoms with Crippen LogP contribution in [0, 0.1) is 5.92 Å². The molecule has 5 heteroatoms. The Morgan fingerprint density at radius 3 is 2.76 bits per heavy atom. The van der Waals surface area contributed by atoms with E-state index < -0.39 is 5.97 Å². The lowest BCUT2D eigenvalue weighted by atomic mass is 10.0. The Labute approximate surface area is 125 Å². The minimum absolute atomic E-state index is 0.0250. The first-order chi connectivity index (χ1) is 9.99. The Hall–Kier alpha value is -2.17. The molecule has 0 radical (unpaired) electrons. The number of nitrogens with one attached hydrogen (secondary N) is 1. The Morgan fingerprint density at radius 2 is 2.14 bits per heavy atom. The average Bonchev–Trinajstić information content (AvgIpc) is 2.46. The third-order valence-electron chi connectivity index (χ3n) is 3.20. The first-order valence-corrected chi connectivity index (χ1v) is 7.10. The van der Waals surface area contributed by atoms with Crippen molar-refractivity contribution in [2.75, 3.05) is 0 Å². The van der Waals surface area contributed by atoms with Crippen LogP contribution in [0.3, 0.4) is 0 Å². The number of carbonyl (C=O) groups excluding carboxylic acids is 1. The molecule has 5 nitrogen and oxygen atoms in total. The number of rotatable bonds is 8. The van der Waals surface area contributed by atoms with Gasteiger partial charge in [0, 0.05) is 24.5 Å². The van der Waals surface area contributed by atoms with E-state index in [-0.39, 0.29) is 17.9 Å². The van der Waals surface area contributed by atoms with Gasteiger partial charge in [-0.25, -0.2) is 0 Å². The molecule has 0 spiro atoms. The molecule has 21 heavy (non-hydrogen) atoms. The molecule has 1 rings (SSSR count). The summed E-state index contributed by atoms with van der Waals surface area (Å²) in [7, 11) is 0. The van der Waals surface area contributed by atoms with Crippen LogP contribution in [0.1, 0.15) is 38.7 Å². The molecule has 2 unspecified atom stereocenters. The Bertz CT molecular complexity index is 486. The van der Waals surface area contributed by atoms with Gasteiger partial charge in [-0.1, -0.05) is 19.4 Å². The number of hydrogen-bond donors (Lipinski definition) is 2. The van der Waals surface area contributed by atoms with Gasteiger partial charge in [-0.2, -0.15) is 0 Å². The minimum Gasteiger partial charge on any atom is -0.481 e. The fourth-order valence-electron chi connectivity index (χ4n) is 1.86. The predicted octanol–water partition coefficient (Wildman–Crippen LogP) is 2.49. The van der Waals surface area contributed by atoms with Crippen molar-refractivity contribution in [3.05, 3.63) is 36.2 Å². The number of aliphatic carboxylic acids is 1. The molecule has 2 N–H and O–H groups in total. The first-order valence-electron chi connectivity index (χ1n) is 7.10. The number of aromatic nitrogens is 1. The van der Waals surface area contributed by atoms with Crippen molar-refractivity contribution >= 4 is 18.0 Å². The number of pyridine rings is 1. The van der Waals surface area contributed by atoms with Crippen LogP contribution in [0.15, 0.2) is 30.6 Å². The lowest BCUT2D eigenvalue weighted by molar-refractivity contribution is -0.141. The lowest BCUT2D eigenvalue weighted by Gasteiger charge is -2.13. The summed E-state index contributed by atoms with van der Waals surface area (Å²) in [6, 6.07) is 3.70. The van der Waals surface area contributed by atoms with Crippen molar-refractivity contribution in [1.29, 1.82) is 0 Å². The van der Waals surface area contributed by atoms with Crippen LogP contribution in [0.25, 0.3) is 6.08 Å². The van der Waals surface area contributed by atoms with Crippen molar-refractivity contribution in [2.24, 2.45) is 5.92 Å². The van der Waals surface area contributed by atoms with Crippen LogP contribution in [0.2, 0.25) is 0 Å². The number of hydrogen-bond acceptors (Lipinski definition) is 3. The van der Waals surface area contributed by atoms with E-state index >= 15 is 0 Å². The smallest absolute Gasteiger partial charge is 0.306 e. The normalized spacial score (nSPS) is 13.8. The molecule has 0 aliphatic carbocycles. The summed E-state index contributed by atoms with van der Waals surface area (Å²) < 4.78 is 0. The van der Waals surface area contributed by atoms with Gasteiger partial charge >= 0.3 is 5.97 Å². The molecular weight excluding hydrogens is 268 g/mol. The van der Waals surface area contributed by atoms with Crippen LogP contribution in [-0.4, -0.2) is 28.0 Å². The second-order valence-electron chi connectivity index (χ2n) is 5.20. The zero-order valence-corrected chi connectivity index (χ0v) is 12.5. The third kappa shape index (κ3) is 7.25. The van der Waals surface area contributed by atoms with Crippen molar-refractivity contribution in [3.8, 4) is 0 Å². The summed E-state index contributed by atoms with van der Waals surface area (Å²) in [6.07, 6.45) is 8.72. The summed E-state index contributed by atoms with van der Waals surface area (Å²) in [5.41, 5.74) is 0.871. The van der Waals surface area contributed by atoms with Gasteiger partial charge in [-0.3, -0.25) is 14.6 Å². The van der Waals surface area contributed by atoms with Crippen LogP contribution in [0.4, 0.5) is 0 Å². The zero-order chi connectivity index (χ0) is 15.7. The van der Waals surface area contributed by atoms with Gasteiger partial charge < -0.3 is 10.4 Å². The summed E-state index contributed by atoms with van der Waals surface area (Å²) in [5.74, 6) is -1.26. The van der Waals surface area contributed by atoms with Gasteiger partial charge in [0.1, 0.15) is 0 Å². The highest BCUT2D eigenvalue weighted by Crippen LogP contribution is 2.09. The van der Waals surface area contributed by atoms with E-state index in [2.05, 4.69) is 10.3 Å². The van der Waals surface area contributed by atoms with Gasteiger partial charge in [0.2, 0.25) is 5.91 Å². The molecule has 1 amide bonds. The molecule has 0 fully saturated rings. The van der Waals surface area contributed by atoms with E-state index in [9.17, 15) is 9.59 Å². The maximum atomic E-state index is 11.7. The van der Waals surface area contributed by atoms with Crippen LogP contribution in [-0.2, 0) is 9.59 Å². The Kier molecular flexibility index (Phi) is 7.15. The number of carbonyl (C=O) groups is 2. The molecule has 2 atom stereocenters. The quantitative estimate of drug-likeness (QED) is 0.721. The van der Waals surface area contributed by atoms with Crippen molar-refractivity contribution in [1.82, 2.24) is 10.3 Å². The summed E-state index contributed by atoms with van der Waals surface area (Å²) in [5, 5.41) is 11.6. The van der Waals surface area contributed by atoms with Gasteiger partial charge in [0.05, 0.1) is 5.92 Å². The van der Waals surface area contributed by atoms with Gasteiger partial charge in [-0.15, -0.1) is 0 Å². The predicted molar refractivity (Wildman–Crippen MR) is 81.5 cm³/mol. The van der Waals surface area contributed by atoms with Crippen molar-refractivity contribution in [2.45, 2.75) is 39.2 Å². The first kappa shape index (κ1) is 16.9. The molecule has 0 saturated heterocycles. The maximum Gasteiger partial charge on any atom is 0.306 e. The number of carboxylic acids is 1. The third-order valence-corrected chi connectivity index (χ3v) is 3.20. The SMILES string of the molecule is CC(CCCC(C)C(=O)O)NC(=O)C=Cc1cccnc1. The van der Waals surface area contributed by atoms with E-state index in [1.54, 1.807) is 25.4 Å². The Balaban J connectivity index is 2.28. The summed E-state index contributed by atoms with van der Waals surface area (Å²) >= 11 is 0. The number of amides is 1. The van der Waals surface area contributed by atoms with Crippen LogP contribution in [0.5, 0.6) is 0 Å². The second kappa shape index (κ2) is 8.89. The van der Waals surface area contributed by atoms with E-state index in [0.29, 0.717) is 6.42 Å². The monoisotopic (exact) mass is 290 g/mol. The van der Waals surface area contributed by atoms with Crippen LogP contribution >= 0.6 is 0 Å². The highest BCUT2D eigenvalue weighted by Gasteiger charge is 2.11. The molecule has 0 aromatic carbocycles. The van der Waals surface area contributed by atoms with E-state index in [1.165, 1.54) is 6.08 Å². The molecule has 0 aliphatic rings. The topological polar surface area (TPSA) is 79.3 Å². The summed E-state index contributed by atoms with van der Waals surface area (Å²) in [6.45, 7) is 3.61. The largest absolute Gasteiger partial charge is 0.481 e. The maximum absolute atomic E-state index is 11.7. The molecule has 1 aromatic heterocycles. The highest BCUT2D eigenvalue weighted by atomic mass is 16.4. The van der Waals surface area contributed by atoms with Gasteiger partial charge in [0.15, 0.2) is 0 Å². The van der Waals surface area contributed by atoms with E-state index in [0.717, 1.165) is 18.4 Å². The average molecular weight is 290 g/mol. The fraction of sp³-hybridized carbons (Fsp3) is 0.438. The van der Waals surface area contributed by atoms with Crippen LogP contribution < -0.4 is 5.32 Å². The molecule has 0 bridgehead atoms. The highest BCUT2D eigenvalue weighted by molar-refractivity contribution is 5.91. The standard InChI is InChI=1S/C16H22N2O3/c1-12(16(20)21)5-3-6-13(2)18-15(19)9-8-14-7-4-10-17-11-14/h4,7-13H,3,5-6H2,1-2H3,(H,18,19)(H,20,21). The number of carboxylic acid groups (broad SMARTS) is 1. The second-order valence-corrected chi connectivity index (χ2v) is 5.20. The molecule has 1 aromatic rings. The van der Waals surface area contributed by atoms with Gasteiger partial charge in [-0.05, 0) is 37.5 Å². The minimum atomic E-state index is -0.772. The molecular formula is C16H22N2O3. The van der Waals surface area contributed by atoms with E-state index in [4.69, 9.17) is 5.11 Å². The summed E-state index contributed by atoms with van der Waals surface area (Å²) in [4.78, 5) is 26.4. The lowest BCUT2D eigenvalue weighted by Crippen LogP contribution is -2.31. The number of nitrogens with zero attached hydrogens (tertiary/aromatic N) is 1. The molecule has 114 valence electrons. The fourth-order valence-corrected chi connectivity index (χ4v) is 1.86. The molecule has 1 heterocycles. The van der Waals surface area contributed by atoms with Crippen molar-refractivity contribution < 1.29 is 14.7 Å². The van der Waals surface area contributed by atoms with E-state index in [1.807, 2.05) is 19.1 Å². The Morgan fingerprint density at radius 1 is 1.38 bits per heavy atom. The van der Waals surface area contributed by atoms with Crippen molar-refractivity contribution in [3.63, 3.8) is 0 Å².